The summed E-state index contributed by atoms with van der Waals surface area (Å²) < 4.78 is 5.39. The number of nitrogens with zero attached hydrogens (tertiary/aromatic N) is 2. The summed E-state index contributed by atoms with van der Waals surface area (Å²) in [4.78, 5) is 4.45. The van der Waals surface area contributed by atoms with Crippen LogP contribution in [-0.4, -0.2) is 11.0 Å². The van der Waals surface area contributed by atoms with Gasteiger partial charge in [0, 0.05) is 17.5 Å². The molecule has 2 rings (SSSR count). The van der Waals surface area contributed by atoms with Gasteiger partial charge in [0.1, 0.15) is 11.9 Å². The maximum absolute atomic E-state index is 8.93. The summed E-state index contributed by atoms with van der Waals surface area (Å²) in [5.41, 5.74) is 0.660. The number of hydrogen-bond acceptors (Lipinski definition) is 4. The summed E-state index contributed by atoms with van der Waals surface area (Å²) in [6.07, 6.45) is 6.38. The number of anilines is 1. The monoisotopic (exact) mass is 313 g/mol. The number of furan rings is 1. The molecule has 1 N–H and O–H groups in total. The van der Waals surface area contributed by atoms with Crippen LogP contribution >= 0.6 is 0 Å². The second-order valence-electron chi connectivity index (χ2n) is 6.67. The van der Waals surface area contributed by atoms with E-state index in [2.05, 4.69) is 38.0 Å². The molecule has 2 unspecified atom stereocenters. The molecule has 2 aromatic rings. The lowest BCUT2D eigenvalue weighted by Crippen LogP contribution is -2.25. The van der Waals surface area contributed by atoms with Gasteiger partial charge < -0.3 is 9.73 Å². The van der Waals surface area contributed by atoms with Crippen LogP contribution in [-0.2, 0) is 0 Å². The van der Waals surface area contributed by atoms with Crippen LogP contribution < -0.4 is 5.32 Å². The summed E-state index contributed by atoms with van der Waals surface area (Å²) in [5, 5.41) is 13.4. The summed E-state index contributed by atoms with van der Waals surface area (Å²) >= 11 is 0. The van der Waals surface area contributed by atoms with Gasteiger partial charge in [-0.3, -0.25) is 0 Å². The van der Waals surface area contributed by atoms with Crippen LogP contribution in [0.1, 0.15) is 59.1 Å². The lowest BCUT2D eigenvalue weighted by atomic mass is 9.91. The highest BCUT2D eigenvalue weighted by atomic mass is 16.3. The normalized spacial score (nSPS) is 15.1. The van der Waals surface area contributed by atoms with Gasteiger partial charge in [-0.25, -0.2) is 4.98 Å². The number of nitriles is 1. The number of pyridine rings is 1. The molecular formula is C19H27N3O. The Morgan fingerprint density at radius 3 is 2.39 bits per heavy atom. The summed E-state index contributed by atoms with van der Waals surface area (Å²) in [5.74, 6) is 2.58. The minimum atomic E-state index is 0.328. The molecule has 124 valence electrons. The first kappa shape index (κ1) is 17.3. The van der Waals surface area contributed by atoms with E-state index >= 15 is 0 Å². The van der Waals surface area contributed by atoms with E-state index in [1.54, 1.807) is 12.3 Å². The Labute approximate surface area is 138 Å². The number of fused-ring (bicyclic) bond motifs is 1. The Kier molecular flexibility index (Phi) is 6.04. The maximum Gasteiger partial charge on any atom is 0.204 e. The van der Waals surface area contributed by atoms with E-state index in [0.717, 1.165) is 24.0 Å². The van der Waals surface area contributed by atoms with E-state index in [-0.39, 0.29) is 0 Å². The zero-order valence-electron chi connectivity index (χ0n) is 14.6. The fourth-order valence-corrected chi connectivity index (χ4v) is 2.81. The van der Waals surface area contributed by atoms with Gasteiger partial charge in [-0.15, -0.1) is 0 Å². The average Bonchev–Trinajstić information content (AvgIpc) is 2.96. The van der Waals surface area contributed by atoms with E-state index in [4.69, 9.17) is 9.68 Å². The molecule has 0 aliphatic heterocycles. The average molecular weight is 313 g/mol. The van der Waals surface area contributed by atoms with Crippen LogP contribution in [0, 0.1) is 23.2 Å². The summed E-state index contributed by atoms with van der Waals surface area (Å²) in [7, 11) is 0. The molecule has 2 heterocycles. The molecule has 0 saturated carbocycles. The molecule has 0 spiro atoms. The molecule has 0 fully saturated rings. The third-order valence-electron chi connectivity index (χ3n) is 4.63. The van der Waals surface area contributed by atoms with Crippen molar-refractivity contribution in [1.82, 2.24) is 4.98 Å². The van der Waals surface area contributed by atoms with Crippen LogP contribution in [0.25, 0.3) is 11.0 Å². The van der Waals surface area contributed by atoms with Crippen LogP contribution in [0.4, 0.5) is 5.82 Å². The molecule has 0 amide bonds. The van der Waals surface area contributed by atoms with Gasteiger partial charge >= 0.3 is 0 Å². The van der Waals surface area contributed by atoms with Crippen LogP contribution in [0.5, 0.6) is 0 Å². The first-order chi connectivity index (χ1) is 11.0. The molecule has 4 heteroatoms. The Morgan fingerprint density at radius 1 is 1.17 bits per heavy atom. The SMILES string of the molecule is CCC(C)CC(CC(C)CC)Nc1cc2cc(C#N)oc2cn1. The Balaban J connectivity index is 2.15. The van der Waals surface area contributed by atoms with Gasteiger partial charge in [0.05, 0.1) is 6.20 Å². The highest BCUT2D eigenvalue weighted by Gasteiger charge is 2.16. The van der Waals surface area contributed by atoms with Gasteiger partial charge in [0.2, 0.25) is 5.76 Å². The van der Waals surface area contributed by atoms with Crippen molar-refractivity contribution in [3.05, 3.63) is 24.1 Å². The minimum absolute atomic E-state index is 0.328. The van der Waals surface area contributed by atoms with E-state index in [9.17, 15) is 0 Å². The van der Waals surface area contributed by atoms with Gasteiger partial charge in [-0.2, -0.15) is 5.26 Å². The topological polar surface area (TPSA) is 61.9 Å². The van der Waals surface area contributed by atoms with Crippen molar-refractivity contribution in [2.45, 2.75) is 59.4 Å². The number of rotatable bonds is 8. The van der Waals surface area contributed by atoms with E-state index in [0.29, 0.717) is 29.2 Å². The molecular weight excluding hydrogens is 286 g/mol. The second kappa shape index (κ2) is 8.01. The molecule has 0 aliphatic rings. The van der Waals surface area contributed by atoms with Crippen molar-refractivity contribution in [2.24, 2.45) is 11.8 Å². The fraction of sp³-hybridized carbons (Fsp3) is 0.579. The van der Waals surface area contributed by atoms with Crippen LogP contribution in [0.15, 0.2) is 22.7 Å². The van der Waals surface area contributed by atoms with Crippen molar-refractivity contribution >= 4 is 16.8 Å². The third kappa shape index (κ3) is 4.72. The lowest BCUT2D eigenvalue weighted by molar-refractivity contribution is 0.397. The molecule has 2 atom stereocenters. The van der Waals surface area contributed by atoms with Crippen molar-refractivity contribution in [2.75, 3.05) is 5.32 Å². The predicted molar refractivity (Wildman–Crippen MR) is 94.3 cm³/mol. The van der Waals surface area contributed by atoms with Gasteiger partial charge in [0.15, 0.2) is 5.58 Å². The van der Waals surface area contributed by atoms with E-state index in [1.165, 1.54) is 12.8 Å². The zero-order valence-corrected chi connectivity index (χ0v) is 14.6. The second-order valence-corrected chi connectivity index (χ2v) is 6.67. The first-order valence-electron chi connectivity index (χ1n) is 8.61. The van der Waals surface area contributed by atoms with Crippen molar-refractivity contribution in [1.29, 1.82) is 5.26 Å². The van der Waals surface area contributed by atoms with E-state index < -0.39 is 0 Å². The Morgan fingerprint density at radius 2 is 1.83 bits per heavy atom. The smallest absolute Gasteiger partial charge is 0.204 e. The maximum atomic E-state index is 8.93. The zero-order chi connectivity index (χ0) is 16.8. The molecule has 0 saturated heterocycles. The highest BCUT2D eigenvalue weighted by molar-refractivity contribution is 5.80. The van der Waals surface area contributed by atoms with Gasteiger partial charge in [-0.05, 0) is 30.7 Å². The van der Waals surface area contributed by atoms with Crippen molar-refractivity contribution < 1.29 is 4.42 Å². The summed E-state index contributed by atoms with van der Waals surface area (Å²) in [6, 6.07) is 6.19. The first-order valence-corrected chi connectivity index (χ1v) is 8.61. The number of hydrogen-bond donors (Lipinski definition) is 1. The molecule has 23 heavy (non-hydrogen) atoms. The van der Waals surface area contributed by atoms with Gasteiger partial charge in [0.25, 0.3) is 0 Å². The molecule has 0 radical (unpaired) electrons. The quantitative estimate of drug-likeness (QED) is 0.713. The van der Waals surface area contributed by atoms with Crippen molar-refractivity contribution in [3.63, 3.8) is 0 Å². The minimum Gasteiger partial charge on any atom is -0.444 e. The standard InChI is InChI=1S/C19H27N3O/c1-5-13(3)7-16(8-14(4)6-2)22-19-10-15-9-17(11-20)23-18(15)12-21-19/h9-10,12-14,16H,5-8H2,1-4H3,(H,21,22). The fourth-order valence-electron chi connectivity index (χ4n) is 2.81. The highest BCUT2D eigenvalue weighted by Crippen LogP contribution is 2.24. The largest absolute Gasteiger partial charge is 0.444 e. The Bertz CT molecular complexity index is 659. The third-order valence-corrected chi connectivity index (χ3v) is 4.63. The molecule has 0 aromatic carbocycles. The van der Waals surface area contributed by atoms with E-state index in [1.807, 2.05) is 12.1 Å². The Hall–Kier alpha value is -2.02. The summed E-state index contributed by atoms with van der Waals surface area (Å²) in [6.45, 7) is 9.09. The molecule has 4 nitrogen and oxygen atoms in total. The molecule has 2 aromatic heterocycles. The predicted octanol–water partition coefficient (Wildman–Crippen LogP) is 5.35. The molecule has 0 aliphatic carbocycles. The number of aromatic nitrogens is 1. The van der Waals surface area contributed by atoms with Gasteiger partial charge in [-0.1, -0.05) is 40.5 Å². The number of nitrogens with one attached hydrogen (secondary N) is 1. The van der Waals surface area contributed by atoms with Crippen LogP contribution in [0.3, 0.4) is 0 Å². The van der Waals surface area contributed by atoms with Crippen molar-refractivity contribution in [3.8, 4) is 6.07 Å². The molecule has 0 bridgehead atoms. The lowest BCUT2D eigenvalue weighted by Gasteiger charge is -2.24. The van der Waals surface area contributed by atoms with Crippen LogP contribution in [0.2, 0.25) is 0 Å².